The predicted molar refractivity (Wildman–Crippen MR) is 82.0 cm³/mol. The van der Waals surface area contributed by atoms with E-state index in [0.29, 0.717) is 0 Å². The van der Waals surface area contributed by atoms with Crippen LogP contribution in [-0.4, -0.2) is 0 Å². The predicted octanol–water partition coefficient (Wildman–Crippen LogP) is 6.39. The first-order valence-electron chi connectivity index (χ1n) is 6.53. The summed E-state index contributed by atoms with van der Waals surface area (Å²) < 4.78 is 1.66. The third-order valence-electron chi connectivity index (χ3n) is 2.94. The van der Waals surface area contributed by atoms with Crippen LogP contribution in [0.4, 0.5) is 0 Å². The second-order valence-corrected chi connectivity index (χ2v) is 15.0. The molecule has 0 aromatic rings. The molecule has 0 fully saturated rings. The first-order chi connectivity index (χ1) is 8.36. The molecule has 18 heavy (non-hydrogen) atoms. The van der Waals surface area contributed by atoms with Crippen LogP contribution >= 0.6 is 0 Å². The van der Waals surface area contributed by atoms with Crippen molar-refractivity contribution in [1.82, 2.24) is 0 Å². The van der Waals surface area contributed by atoms with E-state index < -0.39 is 11.6 Å². The van der Waals surface area contributed by atoms with E-state index in [1.54, 1.807) is 4.51 Å². The zero-order valence-corrected chi connectivity index (χ0v) is 13.5. The van der Waals surface area contributed by atoms with E-state index in [-0.39, 0.29) is 0 Å². The zero-order chi connectivity index (χ0) is 13.5. The molecule has 0 N–H and O–H groups in total. The summed E-state index contributed by atoms with van der Waals surface area (Å²) in [5.41, 5.74) is 0. The molecule has 0 amide bonds. The average Bonchev–Trinajstić information content (AvgIpc) is 2.67. The molecular weight excluding hydrogens is 263 g/mol. The Morgan fingerprint density at radius 1 is 0.778 bits per heavy atom. The van der Waals surface area contributed by atoms with E-state index in [1.807, 2.05) is 0 Å². The van der Waals surface area contributed by atoms with Gasteiger partial charge in [-0.25, -0.2) is 0 Å². The SMILES string of the molecule is C1=C\CCCC\C=C/1.[CH3][Co]([CH3])([CH3])([CH3])[C]1=CC=CC1. The molecule has 106 valence electrons. The van der Waals surface area contributed by atoms with Crippen molar-refractivity contribution in [1.29, 1.82) is 0 Å². The molecule has 2 aliphatic rings. The Labute approximate surface area is 114 Å². The van der Waals surface area contributed by atoms with Crippen molar-refractivity contribution in [3.8, 4) is 0 Å². The molecule has 2 rings (SSSR count). The van der Waals surface area contributed by atoms with E-state index in [0.717, 1.165) is 0 Å². The van der Waals surface area contributed by atoms with E-state index >= 15 is 0 Å². The summed E-state index contributed by atoms with van der Waals surface area (Å²) in [5, 5.41) is 0. The van der Waals surface area contributed by atoms with Crippen molar-refractivity contribution in [3.05, 3.63) is 47.0 Å². The van der Waals surface area contributed by atoms with Gasteiger partial charge >= 0.3 is 64.2 Å². The molecule has 0 aromatic carbocycles. The molecule has 0 atom stereocenters. The molecule has 0 saturated heterocycles. The summed E-state index contributed by atoms with van der Waals surface area (Å²) >= 11 is -1.37. The van der Waals surface area contributed by atoms with Crippen LogP contribution in [0.3, 0.4) is 0 Å². The van der Waals surface area contributed by atoms with Gasteiger partial charge in [0, 0.05) is 0 Å². The Hall–Kier alpha value is -0.534. The van der Waals surface area contributed by atoms with Crippen molar-refractivity contribution in [3.63, 3.8) is 0 Å². The molecule has 0 nitrogen and oxygen atoms in total. The topological polar surface area (TPSA) is 0 Å². The van der Waals surface area contributed by atoms with Gasteiger partial charge in [0.1, 0.15) is 0 Å². The number of rotatable bonds is 1. The minimum absolute atomic E-state index is 1.19. The third-order valence-corrected chi connectivity index (χ3v) is 6.00. The summed E-state index contributed by atoms with van der Waals surface area (Å²) in [4.78, 5) is 0. The van der Waals surface area contributed by atoms with Crippen molar-refractivity contribution in [2.75, 3.05) is 0 Å². The zero-order valence-electron chi connectivity index (χ0n) is 12.4. The molecule has 0 radical (unpaired) electrons. The number of allylic oxidation sites excluding steroid dienone is 8. The van der Waals surface area contributed by atoms with E-state index in [9.17, 15) is 0 Å². The van der Waals surface area contributed by atoms with Crippen molar-refractivity contribution in [2.45, 2.75) is 55.5 Å². The summed E-state index contributed by atoms with van der Waals surface area (Å²) in [5.74, 6) is 9.62. The Kier molecular flexibility index (Phi) is 5.67. The molecule has 2 aliphatic carbocycles. The molecule has 0 aliphatic heterocycles. The molecule has 0 saturated carbocycles. The Bertz CT molecular complexity index is 349. The van der Waals surface area contributed by atoms with Crippen LogP contribution in [-0.2, 0) is 11.6 Å². The summed E-state index contributed by atoms with van der Waals surface area (Å²) in [6.07, 6.45) is 21.9. The fraction of sp³-hybridized carbons (Fsp3) is 0.529. The van der Waals surface area contributed by atoms with Gasteiger partial charge in [0.05, 0.1) is 0 Å². The molecule has 0 unspecified atom stereocenters. The average molecular weight is 292 g/mol. The second kappa shape index (κ2) is 6.58. The van der Waals surface area contributed by atoms with E-state index in [4.69, 9.17) is 0 Å². The molecular formula is C17H29Co. The summed E-state index contributed by atoms with van der Waals surface area (Å²) in [6.45, 7) is 0. The van der Waals surface area contributed by atoms with Crippen LogP contribution < -0.4 is 0 Å². The minimum atomic E-state index is -1.37. The van der Waals surface area contributed by atoms with Crippen LogP contribution in [0, 0.1) is 0 Å². The first-order valence-corrected chi connectivity index (χ1v) is 11.2. The van der Waals surface area contributed by atoms with Crippen molar-refractivity contribution in [2.24, 2.45) is 0 Å². The maximum absolute atomic E-state index is 2.41. The van der Waals surface area contributed by atoms with E-state index in [1.165, 1.54) is 32.1 Å². The molecule has 0 bridgehead atoms. The van der Waals surface area contributed by atoms with Crippen LogP contribution in [0.15, 0.2) is 47.0 Å². The quantitative estimate of drug-likeness (QED) is 0.525. The van der Waals surface area contributed by atoms with Crippen LogP contribution in [0.1, 0.15) is 32.1 Å². The van der Waals surface area contributed by atoms with Crippen LogP contribution in [0.5, 0.6) is 0 Å². The van der Waals surface area contributed by atoms with Gasteiger partial charge in [-0.15, -0.1) is 0 Å². The molecule has 0 aromatic heterocycles. The third kappa shape index (κ3) is 6.41. The van der Waals surface area contributed by atoms with Gasteiger partial charge in [0.2, 0.25) is 0 Å². The van der Waals surface area contributed by atoms with Gasteiger partial charge < -0.3 is 0 Å². The van der Waals surface area contributed by atoms with Gasteiger partial charge in [-0.1, -0.05) is 24.3 Å². The molecule has 0 heterocycles. The van der Waals surface area contributed by atoms with Gasteiger partial charge in [0.25, 0.3) is 0 Å². The Morgan fingerprint density at radius 2 is 1.33 bits per heavy atom. The fourth-order valence-electron chi connectivity index (χ4n) is 1.78. The van der Waals surface area contributed by atoms with Gasteiger partial charge in [-0.2, -0.15) is 0 Å². The standard InChI is InChI=1S/C8H12.C5H5.4CH3.Co/c1-2-4-6-8-7-5-3-1;1-2-4-5-3-1;;;;;/h1-4H,5-8H2;1-3H,4H2;4*1H3;/b3-1-,4-2-;;;;;;. The normalized spacial score (nSPS) is 24.7. The number of hydrogen-bond acceptors (Lipinski definition) is 0. The first kappa shape index (κ1) is 15.5. The van der Waals surface area contributed by atoms with Gasteiger partial charge in [0.15, 0.2) is 0 Å². The Balaban J connectivity index is 0.000000184. The summed E-state index contributed by atoms with van der Waals surface area (Å²) in [6, 6.07) is 0. The maximum atomic E-state index is 2.41. The van der Waals surface area contributed by atoms with Gasteiger partial charge in [-0.3, -0.25) is 0 Å². The Morgan fingerprint density at radius 3 is 1.67 bits per heavy atom. The number of hydrogen-bond donors (Lipinski definition) is 0. The fourth-order valence-corrected chi connectivity index (χ4v) is 3.55. The monoisotopic (exact) mass is 292 g/mol. The summed E-state index contributed by atoms with van der Waals surface area (Å²) in [7, 11) is 0. The van der Waals surface area contributed by atoms with Crippen LogP contribution in [0.25, 0.3) is 0 Å². The van der Waals surface area contributed by atoms with Gasteiger partial charge in [-0.05, 0) is 25.7 Å². The van der Waals surface area contributed by atoms with Crippen LogP contribution in [0.2, 0.25) is 23.4 Å². The second-order valence-electron chi connectivity index (χ2n) is 6.02. The molecule has 1 heteroatoms. The molecule has 0 spiro atoms. The van der Waals surface area contributed by atoms with E-state index in [2.05, 4.69) is 66.0 Å². The van der Waals surface area contributed by atoms with Crippen molar-refractivity contribution < 1.29 is 11.6 Å². The van der Waals surface area contributed by atoms with Crippen molar-refractivity contribution >= 4 is 0 Å².